The molecule has 0 radical (unpaired) electrons. The molecule has 12 nitrogen and oxygen atoms in total. The monoisotopic (exact) mass is 391 g/mol. The van der Waals surface area contributed by atoms with E-state index in [2.05, 4.69) is 22.0 Å². The normalized spacial score (nSPS) is 13.2. The molecule has 1 saturated heterocycles. The highest BCUT2D eigenvalue weighted by Gasteiger charge is 2.30. The molecule has 2 aromatic rings. The molecule has 0 spiro atoms. The minimum atomic E-state index is -1.21. The molecule has 148 valence electrons. The number of non-ortho nitro benzene ring substituents is 1. The summed E-state index contributed by atoms with van der Waals surface area (Å²) in [5.74, 6) is -1.21. The molecule has 0 unspecified atom stereocenters. The Morgan fingerprint density at radius 1 is 0.857 bits per heavy atom. The van der Waals surface area contributed by atoms with Gasteiger partial charge in [0.1, 0.15) is 0 Å². The smallest absolute Gasteiger partial charge is 0.324 e. The first kappa shape index (κ1) is 20.5. The maximum Gasteiger partial charge on any atom is 0.324 e. The lowest BCUT2D eigenvalue weighted by molar-refractivity contribution is -0.404. The van der Waals surface area contributed by atoms with E-state index in [1.807, 2.05) is 12.4 Å². The molecule has 1 aliphatic rings. The predicted octanol–water partition coefficient (Wildman–Crippen LogP) is 3.19. The number of hydrogen-bond acceptors (Lipinski definition) is 9. The van der Waals surface area contributed by atoms with Gasteiger partial charge < -0.3 is 10.0 Å². The molecule has 1 aromatic heterocycles. The molecule has 28 heavy (non-hydrogen) atoms. The van der Waals surface area contributed by atoms with Crippen molar-refractivity contribution in [3.8, 4) is 5.75 Å². The number of aromatic nitrogens is 1. The molecule has 0 aliphatic carbocycles. The van der Waals surface area contributed by atoms with Crippen molar-refractivity contribution in [1.29, 1.82) is 0 Å². The molecule has 2 heterocycles. The van der Waals surface area contributed by atoms with E-state index < -0.39 is 37.6 Å². The Balaban J connectivity index is 0.000000207. The Hall–Kier alpha value is -3.83. The first-order chi connectivity index (χ1) is 13.3. The number of hydrogen-bond donors (Lipinski definition) is 1. The highest BCUT2D eigenvalue weighted by Crippen LogP contribution is 2.38. The van der Waals surface area contributed by atoms with Crippen molar-refractivity contribution in [2.24, 2.45) is 0 Å². The second kappa shape index (κ2) is 9.21. The number of piperidine rings is 1. The maximum absolute atomic E-state index is 10.4. The topological polar surface area (TPSA) is 166 Å². The summed E-state index contributed by atoms with van der Waals surface area (Å²) in [6.45, 7) is 2.42. The van der Waals surface area contributed by atoms with Crippen LogP contribution in [0.4, 0.5) is 22.7 Å². The number of benzene rings is 1. The summed E-state index contributed by atoms with van der Waals surface area (Å²) in [5.41, 5.74) is -1.68. The molecule has 3 rings (SSSR count). The number of pyridine rings is 1. The molecule has 0 saturated carbocycles. The van der Waals surface area contributed by atoms with E-state index in [9.17, 15) is 30.3 Å². The number of anilines is 1. The van der Waals surface area contributed by atoms with Gasteiger partial charge in [0, 0.05) is 31.2 Å². The summed E-state index contributed by atoms with van der Waals surface area (Å²) in [5, 5.41) is 40.2. The molecular formula is C16H17N5O7. The molecule has 0 amide bonds. The van der Waals surface area contributed by atoms with Gasteiger partial charge in [0.15, 0.2) is 0 Å². The zero-order valence-electron chi connectivity index (χ0n) is 14.6. The van der Waals surface area contributed by atoms with Crippen LogP contribution < -0.4 is 4.90 Å². The van der Waals surface area contributed by atoms with Crippen LogP contribution in [0.25, 0.3) is 0 Å². The van der Waals surface area contributed by atoms with Gasteiger partial charge in [-0.15, -0.1) is 0 Å². The number of nitro benzene ring substituents is 3. The van der Waals surface area contributed by atoms with Gasteiger partial charge >= 0.3 is 11.4 Å². The van der Waals surface area contributed by atoms with Gasteiger partial charge in [0.25, 0.3) is 11.4 Å². The fourth-order valence-corrected chi connectivity index (χ4v) is 2.68. The first-order valence-electron chi connectivity index (χ1n) is 8.26. The Bertz CT molecular complexity index is 834. The lowest BCUT2D eigenvalue weighted by Gasteiger charge is -2.28. The number of phenolic OH excluding ortho intramolecular Hbond substituents is 1. The fourth-order valence-electron chi connectivity index (χ4n) is 2.68. The zero-order valence-corrected chi connectivity index (χ0v) is 14.6. The molecule has 1 aromatic carbocycles. The summed E-state index contributed by atoms with van der Waals surface area (Å²) in [6, 6.07) is 5.07. The molecule has 1 N–H and O–H groups in total. The van der Waals surface area contributed by atoms with Crippen LogP contribution in [0.3, 0.4) is 0 Å². The van der Waals surface area contributed by atoms with Crippen LogP contribution in [-0.2, 0) is 0 Å². The van der Waals surface area contributed by atoms with Gasteiger partial charge in [-0.1, -0.05) is 0 Å². The first-order valence-corrected chi connectivity index (χ1v) is 8.26. The van der Waals surface area contributed by atoms with E-state index in [4.69, 9.17) is 5.11 Å². The van der Waals surface area contributed by atoms with Crippen LogP contribution in [0.1, 0.15) is 19.3 Å². The SMILES string of the molecule is O=[N+]([O-])c1cc([N+](=O)[O-])c(O)c([N+](=O)[O-])c1.c1cc(N2CCCCC2)ccn1. The highest BCUT2D eigenvalue weighted by atomic mass is 16.6. The molecule has 1 fully saturated rings. The molecule has 1 aliphatic heterocycles. The van der Waals surface area contributed by atoms with Crippen molar-refractivity contribution >= 4 is 22.7 Å². The van der Waals surface area contributed by atoms with E-state index in [0.717, 1.165) is 0 Å². The standard InChI is InChI=1S/C10H14N2.C6H3N3O7/c1-2-8-12(9-3-1)10-4-6-11-7-5-10;10-6-4(8(13)14)1-3(7(11)12)2-5(6)9(15)16/h4-7H,1-3,8-9H2;1-2,10H. The van der Waals surface area contributed by atoms with E-state index >= 15 is 0 Å². The second-order valence-electron chi connectivity index (χ2n) is 5.86. The lowest BCUT2D eigenvalue weighted by Crippen LogP contribution is -2.29. The Morgan fingerprint density at radius 3 is 1.79 bits per heavy atom. The van der Waals surface area contributed by atoms with E-state index in [-0.39, 0.29) is 0 Å². The summed E-state index contributed by atoms with van der Waals surface area (Å²) in [4.78, 5) is 34.2. The van der Waals surface area contributed by atoms with Crippen LogP contribution in [0.15, 0.2) is 36.7 Å². The molecule has 0 bridgehead atoms. The molecule has 0 atom stereocenters. The lowest BCUT2D eigenvalue weighted by atomic mass is 10.1. The number of phenols is 1. The van der Waals surface area contributed by atoms with E-state index in [0.29, 0.717) is 12.1 Å². The minimum absolute atomic E-state index is 0.447. The summed E-state index contributed by atoms with van der Waals surface area (Å²) in [6.07, 6.45) is 7.79. The van der Waals surface area contributed by atoms with Gasteiger partial charge in [-0.3, -0.25) is 35.3 Å². The fraction of sp³-hybridized carbons (Fsp3) is 0.312. The largest absolute Gasteiger partial charge is 0.497 e. The van der Waals surface area contributed by atoms with E-state index in [1.165, 1.54) is 38.0 Å². The van der Waals surface area contributed by atoms with Crippen molar-refractivity contribution in [3.05, 3.63) is 67.0 Å². The van der Waals surface area contributed by atoms with Gasteiger partial charge in [-0.2, -0.15) is 0 Å². The van der Waals surface area contributed by atoms with Crippen molar-refractivity contribution in [2.45, 2.75) is 19.3 Å². The van der Waals surface area contributed by atoms with Gasteiger partial charge in [0.05, 0.1) is 26.9 Å². The molecule has 12 heteroatoms. The van der Waals surface area contributed by atoms with Crippen molar-refractivity contribution < 1.29 is 19.9 Å². The number of nitro groups is 3. The second-order valence-corrected chi connectivity index (χ2v) is 5.86. The Labute approximate surface area is 158 Å². The van der Waals surface area contributed by atoms with Crippen molar-refractivity contribution in [2.75, 3.05) is 18.0 Å². The van der Waals surface area contributed by atoms with Crippen LogP contribution in [0, 0.1) is 30.3 Å². The molecular weight excluding hydrogens is 374 g/mol. The van der Waals surface area contributed by atoms with Gasteiger partial charge in [-0.25, -0.2) is 0 Å². The third-order valence-corrected chi connectivity index (χ3v) is 4.04. The third-order valence-electron chi connectivity index (χ3n) is 4.04. The van der Waals surface area contributed by atoms with Gasteiger partial charge in [0.2, 0.25) is 0 Å². The van der Waals surface area contributed by atoms with Crippen LogP contribution >= 0.6 is 0 Å². The quantitative estimate of drug-likeness (QED) is 0.608. The predicted molar refractivity (Wildman–Crippen MR) is 98.4 cm³/mol. The van der Waals surface area contributed by atoms with Crippen molar-refractivity contribution in [3.63, 3.8) is 0 Å². The average Bonchev–Trinajstić information content (AvgIpc) is 2.69. The summed E-state index contributed by atoms with van der Waals surface area (Å²) < 4.78 is 0. The maximum atomic E-state index is 10.4. The van der Waals surface area contributed by atoms with Crippen LogP contribution in [0.5, 0.6) is 5.75 Å². The van der Waals surface area contributed by atoms with Crippen molar-refractivity contribution in [1.82, 2.24) is 4.98 Å². The number of nitrogens with zero attached hydrogens (tertiary/aromatic N) is 5. The summed E-state index contributed by atoms with van der Waals surface area (Å²) in [7, 11) is 0. The Morgan fingerprint density at radius 2 is 1.36 bits per heavy atom. The zero-order chi connectivity index (χ0) is 20.7. The number of rotatable bonds is 4. The summed E-state index contributed by atoms with van der Waals surface area (Å²) >= 11 is 0. The van der Waals surface area contributed by atoms with Crippen LogP contribution in [0.2, 0.25) is 0 Å². The number of aromatic hydroxyl groups is 1. The third kappa shape index (κ3) is 5.09. The van der Waals surface area contributed by atoms with Crippen LogP contribution in [-0.4, -0.2) is 37.9 Å². The minimum Gasteiger partial charge on any atom is -0.497 e. The average molecular weight is 391 g/mol. The van der Waals surface area contributed by atoms with E-state index in [1.54, 1.807) is 0 Å². The highest BCUT2D eigenvalue weighted by molar-refractivity contribution is 5.64. The van der Waals surface area contributed by atoms with Gasteiger partial charge in [-0.05, 0) is 31.4 Å². The Kier molecular flexibility index (Phi) is 6.73.